The van der Waals surface area contributed by atoms with Crippen LogP contribution >= 0.6 is 0 Å². The average Bonchev–Trinajstić information content (AvgIpc) is 2.43. The molecule has 0 aromatic heterocycles. The molecular weight excluding hydrogens is 278 g/mol. The van der Waals surface area contributed by atoms with Crippen molar-refractivity contribution < 1.29 is 24.2 Å². The lowest BCUT2D eigenvalue weighted by atomic mass is 9.98. The number of carbonyl (C=O) groups is 3. The number of nitrogens with two attached hydrogens (primary N) is 1. The highest BCUT2D eigenvalue weighted by atomic mass is 16.5. The maximum atomic E-state index is 12.0. The van der Waals surface area contributed by atoms with E-state index in [1.54, 1.807) is 12.0 Å². The van der Waals surface area contributed by atoms with Crippen molar-refractivity contribution in [3.05, 3.63) is 0 Å². The number of urea groups is 1. The molecule has 21 heavy (non-hydrogen) atoms. The first-order valence-electron chi connectivity index (χ1n) is 6.99. The Kier molecular flexibility index (Phi) is 6.93. The predicted octanol–water partition coefficient (Wildman–Crippen LogP) is -0.227. The van der Waals surface area contributed by atoms with Crippen LogP contribution in [-0.2, 0) is 14.3 Å². The van der Waals surface area contributed by atoms with Gasteiger partial charge in [-0.2, -0.15) is 0 Å². The maximum absolute atomic E-state index is 12.0. The van der Waals surface area contributed by atoms with Gasteiger partial charge in [-0.1, -0.05) is 0 Å². The van der Waals surface area contributed by atoms with Crippen molar-refractivity contribution in [2.45, 2.75) is 31.7 Å². The van der Waals surface area contributed by atoms with Crippen LogP contribution in [0.15, 0.2) is 0 Å². The molecule has 1 saturated heterocycles. The number of likely N-dealkylation sites (tertiary alicyclic amines) is 1. The highest BCUT2D eigenvalue weighted by Gasteiger charge is 2.26. The maximum Gasteiger partial charge on any atom is 0.326 e. The van der Waals surface area contributed by atoms with Crippen molar-refractivity contribution in [2.24, 2.45) is 11.7 Å². The zero-order chi connectivity index (χ0) is 15.8. The van der Waals surface area contributed by atoms with Gasteiger partial charge in [-0.3, -0.25) is 4.79 Å². The number of ether oxygens (including phenoxy) is 1. The third-order valence-electron chi connectivity index (χ3n) is 3.58. The van der Waals surface area contributed by atoms with Crippen LogP contribution < -0.4 is 11.1 Å². The number of aliphatic carboxylic acids is 1. The molecule has 1 aliphatic heterocycles. The van der Waals surface area contributed by atoms with Crippen LogP contribution in [0.4, 0.5) is 4.79 Å². The molecule has 1 atom stereocenters. The van der Waals surface area contributed by atoms with Crippen LogP contribution in [0.2, 0.25) is 0 Å². The minimum Gasteiger partial charge on any atom is -0.480 e. The molecular formula is C13H23N3O5. The van der Waals surface area contributed by atoms with Gasteiger partial charge in [0.1, 0.15) is 6.04 Å². The number of hydrogen-bond donors (Lipinski definition) is 3. The summed E-state index contributed by atoms with van der Waals surface area (Å²) in [6.07, 6.45) is 1.59. The molecule has 1 unspecified atom stereocenters. The zero-order valence-corrected chi connectivity index (χ0v) is 12.2. The number of hydrogen-bond acceptors (Lipinski definition) is 4. The Morgan fingerprint density at radius 1 is 1.38 bits per heavy atom. The van der Waals surface area contributed by atoms with Gasteiger partial charge in [0.15, 0.2) is 0 Å². The molecule has 1 rings (SSSR count). The quantitative estimate of drug-likeness (QED) is 0.599. The number of carboxylic acid groups (broad SMARTS) is 1. The van der Waals surface area contributed by atoms with Crippen LogP contribution in [0.5, 0.6) is 0 Å². The molecule has 4 N–H and O–H groups in total. The predicted molar refractivity (Wildman–Crippen MR) is 74.6 cm³/mol. The largest absolute Gasteiger partial charge is 0.480 e. The van der Waals surface area contributed by atoms with Gasteiger partial charge < -0.3 is 25.8 Å². The number of nitrogens with one attached hydrogen (secondary N) is 1. The Bertz CT molecular complexity index is 380. The van der Waals surface area contributed by atoms with Crippen molar-refractivity contribution in [1.29, 1.82) is 0 Å². The number of nitrogens with zero attached hydrogens (tertiary/aromatic N) is 1. The van der Waals surface area contributed by atoms with E-state index in [2.05, 4.69) is 5.32 Å². The summed E-state index contributed by atoms with van der Waals surface area (Å²) < 4.78 is 5.09. The Morgan fingerprint density at radius 2 is 2.00 bits per heavy atom. The summed E-state index contributed by atoms with van der Waals surface area (Å²) in [5.41, 5.74) is 4.99. The number of piperidine rings is 1. The van der Waals surface area contributed by atoms with Crippen molar-refractivity contribution in [1.82, 2.24) is 10.2 Å². The normalized spacial score (nSPS) is 17.3. The molecule has 0 aliphatic carbocycles. The molecule has 3 amide bonds. The summed E-state index contributed by atoms with van der Waals surface area (Å²) in [6.45, 7) is 1.82. The second-order valence-corrected chi connectivity index (χ2v) is 5.23. The van der Waals surface area contributed by atoms with Crippen molar-refractivity contribution >= 4 is 17.9 Å². The first-order chi connectivity index (χ1) is 9.93. The number of amides is 3. The zero-order valence-electron chi connectivity index (χ0n) is 12.2. The van der Waals surface area contributed by atoms with E-state index in [1.165, 1.54) is 0 Å². The van der Waals surface area contributed by atoms with Gasteiger partial charge in [-0.25, -0.2) is 9.59 Å². The highest BCUT2D eigenvalue weighted by Crippen LogP contribution is 2.17. The molecule has 0 spiro atoms. The Labute approximate surface area is 123 Å². The number of carboxylic acids is 1. The average molecular weight is 301 g/mol. The molecule has 8 heteroatoms. The van der Waals surface area contributed by atoms with E-state index in [1.807, 2.05) is 0 Å². The lowest BCUT2D eigenvalue weighted by Gasteiger charge is -2.32. The van der Waals surface area contributed by atoms with Gasteiger partial charge in [-0.15, -0.1) is 0 Å². The summed E-state index contributed by atoms with van der Waals surface area (Å²) >= 11 is 0. The molecule has 0 saturated carbocycles. The third kappa shape index (κ3) is 5.99. The van der Waals surface area contributed by atoms with Crippen LogP contribution in [0.1, 0.15) is 25.7 Å². The van der Waals surface area contributed by atoms with E-state index in [9.17, 15) is 14.4 Å². The summed E-state index contributed by atoms with van der Waals surface area (Å²) in [5, 5.41) is 11.5. The van der Waals surface area contributed by atoms with E-state index >= 15 is 0 Å². The van der Waals surface area contributed by atoms with Crippen LogP contribution in [0, 0.1) is 5.92 Å². The highest BCUT2D eigenvalue weighted by molar-refractivity contribution is 5.83. The van der Waals surface area contributed by atoms with Crippen LogP contribution in [0.3, 0.4) is 0 Å². The molecule has 120 valence electrons. The van der Waals surface area contributed by atoms with Crippen molar-refractivity contribution in [3.8, 4) is 0 Å². The summed E-state index contributed by atoms with van der Waals surface area (Å²) in [6, 6.07) is -1.51. The summed E-state index contributed by atoms with van der Waals surface area (Å²) in [7, 11) is 1.65. The van der Waals surface area contributed by atoms with Gasteiger partial charge in [0, 0.05) is 33.2 Å². The smallest absolute Gasteiger partial charge is 0.326 e. The Hall–Kier alpha value is -1.83. The molecule has 0 bridgehead atoms. The standard InChI is InChI=1S/C13H23N3O5/c1-21-8-9-4-6-16(7-5-9)13(20)15-10(12(18)19)2-3-11(14)17/h9-10H,2-8H2,1H3,(H2,14,17)(H,15,20)(H,18,19). The van der Waals surface area contributed by atoms with E-state index < -0.39 is 23.9 Å². The summed E-state index contributed by atoms with van der Waals surface area (Å²) in [4.78, 5) is 35.4. The summed E-state index contributed by atoms with van der Waals surface area (Å²) in [5.74, 6) is -1.32. The monoisotopic (exact) mass is 301 g/mol. The minimum atomic E-state index is -1.17. The Morgan fingerprint density at radius 3 is 2.48 bits per heavy atom. The molecule has 1 aliphatic rings. The molecule has 0 aromatic rings. The van der Waals surface area contributed by atoms with Crippen LogP contribution in [0.25, 0.3) is 0 Å². The second kappa shape index (κ2) is 8.46. The van der Waals surface area contributed by atoms with Crippen molar-refractivity contribution in [3.63, 3.8) is 0 Å². The minimum absolute atomic E-state index is 0.00343. The number of methoxy groups -OCH3 is 1. The molecule has 8 nitrogen and oxygen atoms in total. The van der Waals surface area contributed by atoms with Crippen molar-refractivity contribution in [2.75, 3.05) is 26.8 Å². The van der Waals surface area contributed by atoms with Gasteiger partial charge in [0.2, 0.25) is 5.91 Å². The fourth-order valence-corrected chi connectivity index (χ4v) is 2.32. The lowest BCUT2D eigenvalue weighted by Crippen LogP contribution is -2.50. The first kappa shape index (κ1) is 17.2. The lowest BCUT2D eigenvalue weighted by molar-refractivity contribution is -0.139. The molecule has 0 radical (unpaired) electrons. The first-order valence-corrected chi connectivity index (χ1v) is 6.99. The van der Waals surface area contributed by atoms with Gasteiger partial charge in [0.05, 0.1) is 0 Å². The fraction of sp³-hybridized carbons (Fsp3) is 0.769. The van der Waals surface area contributed by atoms with Gasteiger partial charge in [-0.05, 0) is 25.2 Å². The van der Waals surface area contributed by atoms with E-state index in [0.717, 1.165) is 12.8 Å². The molecule has 0 aromatic carbocycles. The number of carbonyl (C=O) groups excluding carboxylic acids is 2. The number of rotatable bonds is 7. The van der Waals surface area contributed by atoms with E-state index in [4.69, 9.17) is 15.6 Å². The van der Waals surface area contributed by atoms with E-state index in [-0.39, 0.29) is 12.8 Å². The SMILES string of the molecule is COCC1CCN(C(=O)NC(CCC(N)=O)C(=O)O)CC1. The molecule has 1 heterocycles. The number of primary amides is 1. The van der Waals surface area contributed by atoms with E-state index in [0.29, 0.717) is 25.6 Å². The van der Waals surface area contributed by atoms with Gasteiger partial charge in [0.25, 0.3) is 0 Å². The van der Waals surface area contributed by atoms with Gasteiger partial charge >= 0.3 is 12.0 Å². The topological polar surface area (TPSA) is 122 Å². The fourth-order valence-electron chi connectivity index (χ4n) is 2.32. The molecule has 1 fully saturated rings. The van der Waals surface area contributed by atoms with Crippen LogP contribution in [-0.4, -0.2) is 60.8 Å². The third-order valence-corrected chi connectivity index (χ3v) is 3.58. The second-order valence-electron chi connectivity index (χ2n) is 5.23. The Balaban J connectivity index is 2.43.